The molecule has 1 heterocycles. The van der Waals surface area contributed by atoms with Gasteiger partial charge in [-0.25, -0.2) is 0 Å². The van der Waals surface area contributed by atoms with Crippen molar-refractivity contribution < 1.29 is 9.59 Å². The number of benzene rings is 1. The zero-order valence-electron chi connectivity index (χ0n) is 11.7. The van der Waals surface area contributed by atoms with Gasteiger partial charge in [0.15, 0.2) is 0 Å². The molecule has 2 N–H and O–H groups in total. The molecule has 1 saturated heterocycles. The van der Waals surface area contributed by atoms with Crippen molar-refractivity contribution in [3.63, 3.8) is 0 Å². The number of nitrogens with zero attached hydrogens (tertiary/aromatic N) is 1. The average Bonchev–Trinajstić information content (AvgIpc) is 2.27. The number of amides is 2. The van der Waals surface area contributed by atoms with E-state index in [1.165, 1.54) is 4.90 Å². The Morgan fingerprint density at radius 3 is 2.37 bits per heavy atom. The number of imide groups is 1. The van der Waals surface area contributed by atoms with Crippen molar-refractivity contribution in [2.24, 2.45) is 5.41 Å². The number of piperidine rings is 1. The fourth-order valence-electron chi connectivity index (χ4n) is 2.43. The van der Waals surface area contributed by atoms with E-state index < -0.39 is 0 Å². The Morgan fingerprint density at radius 1 is 1.21 bits per heavy atom. The van der Waals surface area contributed by atoms with Gasteiger partial charge in [0.05, 0.1) is 6.54 Å². The van der Waals surface area contributed by atoms with Crippen LogP contribution in [0.25, 0.3) is 0 Å². The van der Waals surface area contributed by atoms with Crippen molar-refractivity contribution in [1.82, 2.24) is 4.90 Å². The second-order valence-corrected chi connectivity index (χ2v) is 6.02. The minimum absolute atomic E-state index is 0.0944. The van der Waals surface area contributed by atoms with Gasteiger partial charge in [0.1, 0.15) is 0 Å². The molecule has 0 radical (unpaired) electrons. The van der Waals surface area contributed by atoms with Crippen molar-refractivity contribution >= 4 is 17.5 Å². The Kier molecular flexibility index (Phi) is 3.35. The fraction of sp³-hybridized carbons (Fsp3) is 0.467. The highest BCUT2D eigenvalue weighted by Gasteiger charge is 2.37. The quantitative estimate of drug-likeness (QED) is 0.655. The lowest BCUT2D eigenvalue weighted by Gasteiger charge is -2.35. The number of rotatable bonds is 2. The molecule has 0 aliphatic carbocycles. The third kappa shape index (κ3) is 2.78. The minimum Gasteiger partial charge on any atom is -0.399 e. The number of carbonyl (C=O) groups excluding carboxylic acids is 2. The summed E-state index contributed by atoms with van der Waals surface area (Å²) in [5.41, 5.74) is 8.18. The van der Waals surface area contributed by atoms with Crippen LogP contribution in [0.4, 0.5) is 5.69 Å². The molecule has 0 saturated carbocycles. The summed E-state index contributed by atoms with van der Waals surface area (Å²) < 4.78 is 0. The van der Waals surface area contributed by atoms with Gasteiger partial charge in [0.2, 0.25) is 11.8 Å². The molecule has 4 heteroatoms. The molecule has 1 fully saturated rings. The summed E-state index contributed by atoms with van der Waals surface area (Å²) in [5.74, 6) is -0.189. The van der Waals surface area contributed by atoms with Crippen LogP contribution in [0.5, 0.6) is 0 Å². The van der Waals surface area contributed by atoms with Crippen LogP contribution in [0.3, 0.4) is 0 Å². The maximum Gasteiger partial charge on any atom is 0.230 e. The van der Waals surface area contributed by atoms with Crippen LogP contribution in [0, 0.1) is 12.3 Å². The summed E-state index contributed by atoms with van der Waals surface area (Å²) in [6.07, 6.45) is 0.834. The van der Waals surface area contributed by atoms with Gasteiger partial charge >= 0.3 is 0 Å². The standard InChI is InChI=1S/C15H20N2O2/c1-10-11(5-4-6-12(10)16)9-17-13(18)7-15(2,3)8-14(17)19/h4-6H,7-9,16H2,1-3H3. The lowest BCUT2D eigenvalue weighted by atomic mass is 9.81. The molecule has 0 bridgehead atoms. The van der Waals surface area contributed by atoms with Crippen molar-refractivity contribution in [3.8, 4) is 0 Å². The van der Waals surface area contributed by atoms with Crippen molar-refractivity contribution in [2.45, 2.75) is 40.2 Å². The summed E-state index contributed by atoms with van der Waals surface area (Å²) >= 11 is 0. The number of nitrogens with two attached hydrogens (primary N) is 1. The molecule has 1 aliphatic heterocycles. The molecule has 1 aromatic rings. The van der Waals surface area contributed by atoms with E-state index in [4.69, 9.17) is 5.73 Å². The third-order valence-electron chi connectivity index (χ3n) is 3.68. The maximum absolute atomic E-state index is 12.1. The third-order valence-corrected chi connectivity index (χ3v) is 3.68. The van der Waals surface area contributed by atoms with E-state index in [1.54, 1.807) is 0 Å². The van der Waals surface area contributed by atoms with Gasteiger partial charge in [-0.1, -0.05) is 26.0 Å². The van der Waals surface area contributed by atoms with Gasteiger partial charge in [-0.2, -0.15) is 0 Å². The number of hydrogen-bond donors (Lipinski definition) is 1. The molecular weight excluding hydrogens is 240 g/mol. The van der Waals surface area contributed by atoms with Gasteiger partial charge in [-0.05, 0) is 29.5 Å². The van der Waals surface area contributed by atoms with E-state index in [1.807, 2.05) is 39.0 Å². The summed E-state index contributed by atoms with van der Waals surface area (Å²) in [5, 5.41) is 0. The van der Waals surface area contributed by atoms with Gasteiger partial charge < -0.3 is 5.73 Å². The number of hydrogen-bond acceptors (Lipinski definition) is 3. The van der Waals surface area contributed by atoms with E-state index in [2.05, 4.69) is 0 Å². The molecule has 0 unspecified atom stereocenters. The van der Waals surface area contributed by atoms with Crippen LogP contribution in [0.15, 0.2) is 18.2 Å². The molecule has 2 rings (SSSR count). The van der Waals surface area contributed by atoms with Crippen LogP contribution < -0.4 is 5.73 Å². The molecular formula is C15H20N2O2. The first-order chi connectivity index (χ1) is 8.80. The number of nitrogen functional groups attached to an aromatic ring is 1. The highest BCUT2D eigenvalue weighted by molar-refractivity contribution is 5.98. The van der Waals surface area contributed by atoms with Crippen molar-refractivity contribution in [3.05, 3.63) is 29.3 Å². The minimum atomic E-state index is -0.227. The predicted molar refractivity (Wildman–Crippen MR) is 74.2 cm³/mol. The summed E-state index contributed by atoms with van der Waals surface area (Å²) in [4.78, 5) is 25.5. The first kappa shape index (κ1) is 13.6. The molecule has 2 amide bonds. The number of carbonyl (C=O) groups is 2. The fourth-order valence-corrected chi connectivity index (χ4v) is 2.43. The van der Waals surface area contributed by atoms with Crippen LogP contribution >= 0.6 is 0 Å². The average molecular weight is 260 g/mol. The van der Waals surface area contributed by atoms with Crippen molar-refractivity contribution in [2.75, 3.05) is 5.73 Å². The largest absolute Gasteiger partial charge is 0.399 e. The maximum atomic E-state index is 12.1. The van der Waals surface area contributed by atoms with Crippen molar-refractivity contribution in [1.29, 1.82) is 0 Å². The Labute approximate surface area is 113 Å². The van der Waals surface area contributed by atoms with Gasteiger partial charge in [-0.3, -0.25) is 14.5 Å². The zero-order valence-corrected chi connectivity index (χ0v) is 11.7. The Hall–Kier alpha value is -1.84. The van der Waals surface area contributed by atoms with E-state index in [0.29, 0.717) is 25.1 Å². The summed E-state index contributed by atoms with van der Waals surface area (Å²) in [7, 11) is 0. The van der Waals surface area contributed by atoms with E-state index in [9.17, 15) is 9.59 Å². The molecule has 4 nitrogen and oxygen atoms in total. The Morgan fingerprint density at radius 2 is 1.79 bits per heavy atom. The number of likely N-dealkylation sites (tertiary alicyclic amines) is 1. The van der Waals surface area contributed by atoms with Crippen LogP contribution in [-0.4, -0.2) is 16.7 Å². The topological polar surface area (TPSA) is 63.4 Å². The van der Waals surface area contributed by atoms with Gasteiger partial charge in [-0.15, -0.1) is 0 Å². The molecule has 1 aromatic carbocycles. The van der Waals surface area contributed by atoms with Gasteiger partial charge in [0.25, 0.3) is 0 Å². The second kappa shape index (κ2) is 4.68. The lowest BCUT2D eigenvalue weighted by Crippen LogP contribution is -2.45. The van der Waals surface area contributed by atoms with Crippen LogP contribution in [-0.2, 0) is 16.1 Å². The smallest absolute Gasteiger partial charge is 0.230 e. The first-order valence-electron chi connectivity index (χ1n) is 6.47. The molecule has 1 aliphatic rings. The molecule has 0 atom stereocenters. The summed E-state index contributed by atoms with van der Waals surface area (Å²) in [6.45, 7) is 6.13. The van der Waals surface area contributed by atoms with E-state index >= 15 is 0 Å². The van der Waals surface area contributed by atoms with Crippen LogP contribution in [0.2, 0.25) is 0 Å². The van der Waals surface area contributed by atoms with Crippen LogP contribution in [0.1, 0.15) is 37.8 Å². The molecule has 0 spiro atoms. The van der Waals surface area contributed by atoms with E-state index in [0.717, 1.165) is 11.1 Å². The normalized spacial score (nSPS) is 18.8. The predicted octanol–water partition coefficient (Wildman–Crippen LogP) is 2.25. The lowest BCUT2D eigenvalue weighted by molar-refractivity contribution is -0.153. The first-order valence-corrected chi connectivity index (χ1v) is 6.47. The van der Waals surface area contributed by atoms with Gasteiger partial charge in [0, 0.05) is 18.5 Å². The molecule has 19 heavy (non-hydrogen) atoms. The monoisotopic (exact) mass is 260 g/mol. The zero-order chi connectivity index (χ0) is 14.2. The molecule has 0 aromatic heterocycles. The molecule has 102 valence electrons. The SMILES string of the molecule is Cc1c(N)cccc1CN1C(=O)CC(C)(C)CC1=O. The Balaban J connectivity index is 2.22. The highest BCUT2D eigenvalue weighted by atomic mass is 16.2. The highest BCUT2D eigenvalue weighted by Crippen LogP contribution is 2.32. The Bertz CT molecular complexity index is 515. The number of anilines is 1. The summed E-state index contributed by atoms with van der Waals surface area (Å²) in [6, 6.07) is 5.58. The van der Waals surface area contributed by atoms with E-state index in [-0.39, 0.29) is 17.2 Å². The second-order valence-electron chi connectivity index (χ2n) is 6.02.